The Balaban J connectivity index is 2.13. The van der Waals surface area contributed by atoms with E-state index < -0.39 is 11.8 Å². The van der Waals surface area contributed by atoms with Gasteiger partial charge in [-0.1, -0.05) is 37.3 Å². The van der Waals surface area contributed by atoms with Crippen molar-refractivity contribution in [1.82, 2.24) is 0 Å². The van der Waals surface area contributed by atoms with E-state index in [1.54, 1.807) is 6.07 Å². The average Bonchev–Trinajstić information content (AvgIpc) is 2.51. The van der Waals surface area contributed by atoms with Crippen LogP contribution in [0.3, 0.4) is 0 Å². The predicted octanol–water partition coefficient (Wildman–Crippen LogP) is 4.37. The van der Waals surface area contributed by atoms with E-state index in [1.807, 2.05) is 37.3 Å². The Kier molecular flexibility index (Phi) is 5.53. The third-order valence-electron chi connectivity index (χ3n) is 3.53. The molecule has 0 heterocycles. The van der Waals surface area contributed by atoms with Gasteiger partial charge in [-0.05, 0) is 35.6 Å². The maximum absolute atomic E-state index is 13.8. The summed E-state index contributed by atoms with van der Waals surface area (Å²) in [5, 5.41) is 8.94. The van der Waals surface area contributed by atoms with Gasteiger partial charge in [0.1, 0.15) is 18.2 Å². The molecule has 2 aromatic rings. The Morgan fingerprint density at radius 3 is 2.59 bits per heavy atom. The van der Waals surface area contributed by atoms with E-state index in [9.17, 15) is 9.18 Å². The molecule has 0 unspecified atom stereocenters. The first kappa shape index (κ1) is 16.0. The molecule has 0 aliphatic carbocycles. The highest BCUT2D eigenvalue weighted by Crippen LogP contribution is 2.28. The number of halogens is 1. The highest BCUT2D eigenvalue weighted by atomic mass is 19.1. The van der Waals surface area contributed by atoms with Gasteiger partial charge in [0.2, 0.25) is 0 Å². The average molecular weight is 302 g/mol. The number of carbonyl (C=O) groups is 1. The van der Waals surface area contributed by atoms with Crippen molar-refractivity contribution in [2.24, 2.45) is 0 Å². The first-order valence-corrected chi connectivity index (χ1v) is 7.27. The van der Waals surface area contributed by atoms with Gasteiger partial charge in [-0.2, -0.15) is 0 Å². The summed E-state index contributed by atoms with van der Waals surface area (Å²) in [6, 6.07) is 14.0. The number of aliphatic carboxylic acids is 1. The summed E-state index contributed by atoms with van der Waals surface area (Å²) < 4.78 is 19.4. The van der Waals surface area contributed by atoms with E-state index in [0.29, 0.717) is 24.3 Å². The largest absolute Gasteiger partial charge is 0.489 e. The standard InChI is InChI=1S/C18H19FO3/c1-2-14(10-18(20)21)15-8-16(19)11-17(9-15)22-12-13-6-4-3-5-7-13/h3-9,11,14H,2,10,12H2,1H3,(H,20,21)/t14-/m1/s1. The second-order valence-electron chi connectivity index (χ2n) is 5.20. The maximum atomic E-state index is 13.8. The molecule has 0 amide bonds. The van der Waals surface area contributed by atoms with Crippen LogP contribution >= 0.6 is 0 Å². The van der Waals surface area contributed by atoms with Crippen LogP contribution in [-0.4, -0.2) is 11.1 Å². The zero-order chi connectivity index (χ0) is 15.9. The van der Waals surface area contributed by atoms with Gasteiger partial charge in [0.25, 0.3) is 0 Å². The fourth-order valence-corrected chi connectivity index (χ4v) is 2.35. The first-order chi connectivity index (χ1) is 10.6. The molecule has 3 nitrogen and oxygen atoms in total. The highest BCUT2D eigenvalue weighted by molar-refractivity contribution is 5.68. The number of benzene rings is 2. The number of rotatable bonds is 7. The van der Waals surface area contributed by atoms with Crippen LogP contribution in [0.25, 0.3) is 0 Å². The van der Waals surface area contributed by atoms with Crippen molar-refractivity contribution in [2.75, 3.05) is 0 Å². The minimum Gasteiger partial charge on any atom is -0.489 e. The Morgan fingerprint density at radius 2 is 1.95 bits per heavy atom. The van der Waals surface area contributed by atoms with E-state index in [4.69, 9.17) is 9.84 Å². The molecule has 4 heteroatoms. The predicted molar refractivity (Wildman–Crippen MR) is 82.5 cm³/mol. The molecule has 0 saturated heterocycles. The molecule has 1 N–H and O–H groups in total. The molecule has 0 bridgehead atoms. The van der Waals surface area contributed by atoms with Gasteiger partial charge in [-0.3, -0.25) is 4.79 Å². The van der Waals surface area contributed by atoms with E-state index in [1.165, 1.54) is 12.1 Å². The van der Waals surface area contributed by atoms with Gasteiger partial charge in [0, 0.05) is 6.07 Å². The monoisotopic (exact) mass is 302 g/mol. The molecule has 2 rings (SSSR count). The molecule has 0 radical (unpaired) electrons. The normalized spacial score (nSPS) is 11.9. The smallest absolute Gasteiger partial charge is 0.303 e. The molecule has 0 aromatic heterocycles. The van der Waals surface area contributed by atoms with Gasteiger partial charge in [-0.15, -0.1) is 0 Å². The Hall–Kier alpha value is -2.36. The van der Waals surface area contributed by atoms with Gasteiger partial charge in [-0.25, -0.2) is 4.39 Å². The van der Waals surface area contributed by atoms with Gasteiger partial charge in [0.15, 0.2) is 0 Å². The van der Waals surface area contributed by atoms with Crippen molar-refractivity contribution in [3.63, 3.8) is 0 Å². The Bertz CT molecular complexity index is 625. The summed E-state index contributed by atoms with van der Waals surface area (Å²) in [5.74, 6) is -1.10. The Morgan fingerprint density at radius 1 is 1.23 bits per heavy atom. The summed E-state index contributed by atoms with van der Waals surface area (Å²) in [5.41, 5.74) is 1.65. The zero-order valence-electron chi connectivity index (χ0n) is 12.5. The highest BCUT2D eigenvalue weighted by Gasteiger charge is 2.15. The van der Waals surface area contributed by atoms with Crippen molar-refractivity contribution in [1.29, 1.82) is 0 Å². The maximum Gasteiger partial charge on any atom is 0.303 e. The summed E-state index contributed by atoms with van der Waals surface area (Å²) in [4.78, 5) is 10.9. The van der Waals surface area contributed by atoms with Crippen LogP contribution in [0.15, 0.2) is 48.5 Å². The van der Waals surface area contributed by atoms with E-state index in [0.717, 1.165) is 5.56 Å². The lowest BCUT2D eigenvalue weighted by molar-refractivity contribution is -0.137. The van der Waals surface area contributed by atoms with Crippen molar-refractivity contribution in [2.45, 2.75) is 32.3 Å². The van der Waals surface area contributed by atoms with Crippen molar-refractivity contribution >= 4 is 5.97 Å². The Labute approximate surface area is 129 Å². The lowest BCUT2D eigenvalue weighted by Gasteiger charge is -2.15. The second-order valence-corrected chi connectivity index (χ2v) is 5.20. The topological polar surface area (TPSA) is 46.5 Å². The summed E-state index contributed by atoms with van der Waals surface area (Å²) in [6.07, 6.45) is 0.617. The van der Waals surface area contributed by atoms with E-state index in [-0.39, 0.29) is 12.3 Å². The molecule has 0 aliphatic rings. The molecular weight excluding hydrogens is 283 g/mol. The minimum absolute atomic E-state index is 0.0158. The van der Waals surface area contributed by atoms with E-state index in [2.05, 4.69) is 0 Å². The first-order valence-electron chi connectivity index (χ1n) is 7.27. The van der Waals surface area contributed by atoms with Crippen LogP contribution in [0, 0.1) is 5.82 Å². The summed E-state index contributed by atoms with van der Waals surface area (Å²) in [7, 11) is 0. The van der Waals surface area contributed by atoms with Crippen LogP contribution in [0.5, 0.6) is 5.75 Å². The van der Waals surface area contributed by atoms with Crippen molar-refractivity contribution in [3.8, 4) is 5.75 Å². The third-order valence-corrected chi connectivity index (χ3v) is 3.53. The lowest BCUT2D eigenvalue weighted by Crippen LogP contribution is -2.06. The number of hydrogen-bond donors (Lipinski definition) is 1. The fraction of sp³-hybridized carbons (Fsp3) is 0.278. The number of hydrogen-bond acceptors (Lipinski definition) is 2. The number of carboxylic acids is 1. The zero-order valence-corrected chi connectivity index (χ0v) is 12.5. The van der Waals surface area contributed by atoms with Gasteiger partial charge in [0.05, 0.1) is 6.42 Å². The molecule has 0 spiro atoms. The molecule has 1 atom stereocenters. The quantitative estimate of drug-likeness (QED) is 0.826. The molecule has 2 aromatic carbocycles. The number of ether oxygens (including phenoxy) is 1. The van der Waals surface area contributed by atoms with Crippen LogP contribution in [-0.2, 0) is 11.4 Å². The van der Waals surface area contributed by atoms with Crippen molar-refractivity contribution < 1.29 is 19.0 Å². The van der Waals surface area contributed by atoms with Crippen LogP contribution in [0.2, 0.25) is 0 Å². The minimum atomic E-state index is -0.886. The lowest BCUT2D eigenvalue weighted by atomic mass is 9.93. The molecule has 0 saturated carbocycles. The molecule has 0 aliphatic heterocycles. The van der Waals surface area contributed by atoms with Crippen LogP contribution in [0.1, 0.15) is 36.8 Å². The SMILES string of the molecule is CC[C@H](CC(=O)O)c1cc(F)cc(OCc2ccccc2)c1. The van der Waals surface area contributed by atoms with Crippen LogP contribution in [0.4, 0.5) is 4.39 Å². The van der Waals surface area contributed by atoms with Crippen LogP contribution < -0.4 is 4.74 Å². The fourth-order valence-electron chi connectivity index (χ4n) is 2.35. The molecule has 0 fully saturated rings. The second kappa shape index (κ2) is 7.59. The van der Waals surface area contributed by atoms with E-state index >= 15 is 0 Å². The molecular formula is C18H19FO3. The molecule has 22 heavy (non-hydrogen) atoms. The third kappa shape index (κ3) is 4.58. The van der Waals surface area contributed by atoms with Gasteiger partial charge < -0.3 is 9.84 Å². The number of carboxylic acid groups (broad SMARTS) is 1. The summed E-state index contributed by atoms with van der Waals surface area (Å²) >= 11 is 0. The van der Waals surface area contributed by atoms with Crippen molar-refractivity contribution in [3.05, 3.63) is 65.5 Å². The summed E-state index contributed by atoms with van der Waals surface area (Å²) in [6.45, 7) is 2.24. The van der Waals surface area contributed by atoms with Gasteiger partial charge >= 0.3 is 5.97 Å². The molecule has 116 valence electrons.